The topological polar surface area (TPSA) is 116 Å². The van der Waals surface area contributed by atoms with Gasteiger partial charge in [0, 0.05) is 20.0 Å². The third kappa shape index (κ3) is 7.29. The minimum Gasteiger partial charge on any atom is -0.480 e. The van der Waals surface area contributed by atoms with Crippen molar-refractivity contribution in [3.8, 4) is 0 Å². The number of aliphatic carboxylic acids is 1. The first-order valence-corrected chi connectivity index (χ1v) is 7.98. The molecule has 1 atom stereocenters. The molecule has 26 heavy (non-hydrogen) atoms. The monoisotopic (exact) mass is 367 g/mol. The molecule has 1 aromatic carbocycles. The molecular weight excluding hydrogens is 345 g/mol. The molecule has 0 fully saturated rings. The van der Waals surface area contributed by atoms with Crippen LogP contribution in [0.25, 0.3) is 0 Å². The molecular formula is C17H22FN3O5. The Balaban J connectivity index is 2.59. The van der Waals surface area contributed by atoms with Gasteiger partial charge in [-0.05, 0) is 24.6 Å². The molecule has 0 aliphatic carbocycles. The van der Waals surface area contributed by atoms with Crippen molar-refractivity contribution in [1.82, 2.24) is 15.5 Å². The Bertz CT molecular complexity index is 680. The number of carboxylic acids is 1. The summed E-state index contributed by atoms with van der Waals surface area (Å²) in [6.45, 7) is 2.33. The van der Waals surface area contributed by atoms with Crippen molar-refractivity contribution in [2.24, 2.45) is 0 Å². The third-order valence-corrected chi connectivity index (χ3v) is 3.56. The van der Waals surface area contributed by atoms with Gasteiger partial charge in [0.2, 0.25) is 17.7 Å². The van der Waals surface area contributed by atoms with Crippen molar-refractivity contribution in [3.63, 3.8) is 0 Å². The Hall–Kier alpha value is -2.97. The number of hydrogen-bond donors (Lipinski definition) is 3. The molecule has 0 spiro atoms. The number of carboxylic acid groups (broad SMARTS) is 1. The molecule has 1 rings (SSSR count). The first kappa shape index (κ1) is 21.1. The molecule has 3 amide bonds. The first-order chi connectivity index (χ1) is 12.2. The van der Waals surface area contributed by atoms with Crippen molar-refractivity contribution >= 4 is 23.7 Å². The molecule has 1 unspecified atom stereocenters. The van der Waals surface area contributed by atoms with Crippen molar-refractivity contribution in [3.05, 3.63) is 35.6 Å². The SMILES string of the molecule is CC(=O)NCCN(C(=O)CNC(=O)Cc1cccc(F)c1)C(C)C(=O)O. The lowest BCUT2D eigenvalue weighted by molar-refractivity contribution is -0.149. The van der Waals surface area contributed by atoms with Crippen LogP contribution in [-0.4, -0.2) is 59.4 Å². The van der Waals surface area contributed by atoms with Gasteiger partial charge >= 0.3 is 5.97 Å². The Kier molecular flexibility index (Phi) is 8.20. The largest absolute Gasteiger partial charge is 0.480 e. The van der Waals surface area contributed by atoms with Gasteiger partial charge in [0.25, 0.3) is 0 Å². The van der Waals surface area contributed by atoms with E-state index in [1.54, 1.807) is 6.07 Å². The molecule has 0 heterocycles. The predicted octanol–water partition coefficient (Wildman–Crippen LogP) is -0.0778. The molecule has 0 aliphatic rings. The van der Waals surface area contributed by atoms with Gasteiger partial charge in [-0.25, -0.2) is 9.18 Å². The van der Waals surface area contributed by atoms with E-state index in [0.29, 0.717) is 5.56 Å². The van der Waals surface area contributed by atoms with E-state index in [1.165, 1.54) is 32.0 Å². The first-order valence-electron chi connectivity index (χ1n) is 7.98. The highest BCUT2D eigenvalue weighted by atomic mass is 19.1. The lowest BCUT2D eigenvalue weighted by Crippen LogP contribution is -2.50. The van der Waals surface area contributed by atoms with E-state index in [2.05, 4.69) is 10.6 Å². The second kappa shape index (κ2) is 10.1. The number of nitrogens with one attached hydrogen (secondary N) is 2. The summed E-state index contributed by atoms with van der Waals surface area (Å²) >= 11 is 0. The molecule has 3 N–H and O–H groups in total. The number of carbonyl (C=O) groups is 4. The summed E-state index contributed by atoms with van der Waals surface area (Å²) in [4.78, 5) is 47.2. The average Bonchev–Trinajstić information content (AvgIpc) is 2.55. The van der Waals surface area contributed by atoms with Gasteiger partial charge in [-0.2, -0.15) is 0 Å². The Labute approximate surface area is 150 Å². The summed E-state index contributed by atoms with van der Waals surface area (Å²) in [5, 5.41) is 14.0. The number of carbonyl (C=O) groups excluding carboxylic acids is 3. The van der Waals surface area contributed by atoms with Crippen LogP contribution in [0.3, 0.4) is 0 Å². The van der Waals surface area contributed by atoms with Crippen LogP contribution in [0, 0.1) is 5.82 Å². The number of halogens is 1. The van der Waals surface area contributed by atoms with E-state index in [9.17, 15) is 23.6 Å². The van der Waals surface area contributed by atoms with E-state index in [0.717, 1.165) is 4.90 Å². The highest BCUT2D eigenvalue weighted by Crippen LogP contribution is 2.04. The number of benzene rings is 1. The zero-order chi connectivity index (χ0) is 19.7. The van der Waals surface area contributed by atoms with Gasteiger partial charge in [-0.3, -0.25) is 14.4 Å². The molecule has 0 saturated carbocycles. The smallest absolute Gasteiger partial charge is 0.326 e. The molecule has 0 aliphatic heterocycles. The molecule has 0 aromatic heterocycles. The van der Waals surface area contributed by atoms with E-state index in [-0.39, 0.29) is 25.4 Å². The molecule has 8 nitrogen and oxygen atoms in total. The fourth-order valence-corrected chi connectivity index (χ4v) is 2.19. The summed E-state index contributed by atoms with van der Waals surface area (Å²) in [5.74, 6) is -3.06. The highest BCUT2D eigenvalue weighted by molar-refractivity contribution is 5.88. The number of nitrogens with zero attached hydrogens (tertiary/aromatic N) is 1. The van der Waals surface area contributed by atoms with Crippen LogP contribution in [0.5, 0.6) is 0 Å². The van der Waals surface area contributed by atoms with E-state index >= 15 is 0 Å². The summed E-state index contributed by atoms with van der Waals surface area (Å²) in [7, 11) is 0. The summed E-state index contributed by atoms with van der Waals surface area (Å²) in [6, 6.07) is 4.41. The Morgan fingerprint density at radius 2 is 1.92 bits per heavy atom. The maximum atomic E-state index is 13.1. The van der Waals surface area contributed by atoms with E-state index in [1.807, 2.05) is 0 Å². The Morgan fingerprint density at radius 1 is 1.23 bits per heavy atom. The van der Waals surface area contributed by atoms with Crippen LogP contribution < -0.4 is 10.6 Å². The predicted molar refractivity (Wildman–Crippen MR) is 90.6 cm³/mol. The third-order valence-electron chi connectivity index (χ3n) is 3.56. The minimum absolute atomic E-state index is 0.00829. The van der Waals surface area contributed by atoms with E-state index < -0.39 is 36.2 Å². The summed E-state index contributed by atoms with van der Waals surface area (Å²) in [5.41, 5.74) is 0.455. The van der Waals surface area contributed by atoms with Crippen LogP contribution >= 0.6 is 0 Å². The maximum Gasteiger partial charge on any atom is 0.326 e. The van der Waals surface area contributed by atoms with Crippen molar-refractivity contribution in [2.45, 2.75) is 26.3 Å². The van der Waals surface area contributed by atoms with Crippen LogP contribution in [0.1, 0.15) is 19.4 Å². The van der Waals surface area contributed by atoms with Gasteiger partial charge in [0.1, 0.15) is 11.9 Å². The van der Waals surface area contributed by atoms with Gasteiger partial charge in [0.15, 0.2) is 0 Å². The molecule has 1 aromatic rings. The van der Waals surface area contributed by atoms with Crippen LogP contribution in [-0.2, 0) is 25.6 Å². The second-order valence-electron chi connectivity index (χ2n) is 5.67. The fraction of sp³-hybridized carbons (Fsp3) is 0.412. The minimum atomic E-state index is -1.20. The van der Waals surface area contributed by atoms with Crippen LogP contribution in [0.15, 0.2) is 24.3 Å². The molecule has 0 saturated heterocycles. The van der Waals surface area contributed by atoms with Crippen LogP contribution in [0.4, 0.5) is 4.39 Å². The number of amides is 3. The van der Waals surface area contributed by atoms with E-state index in [4.69, 9.17) is 5.11 Å². The maximum absolute atomic E-state index is 13.1. The average molecular weight is 367 g/mol. The van der Waals surface area contributed by atoms with Gasteiger partial charge in [-0.1, -0.05) is 12.1 Å². The van der Waals surface area contributed by atoms with Gasteiger partial charge in [0.05, 0.1) is 13.0 Å². The van der Waals surface area contributed by atoms with Crippen molar-refractivity contribution < 1.29 is 28.7 Å². The van der Waals surface area contributed by atoms with Gasteiger partial charge in [-0.15, -0.1) is 0 Å². The Morgan fingerprint density at radius 3 is 2.50 bits per heavy atom. The second-order valence-corrected chi connectivity index (χ2v) is 5.67. The number of hydrogen-bond acceptors (Lipinski definition) is 4. The van der Waals surface area contributed by atoms with Gasteiger partial charge < -0.3 is 20.6 Å². The van der Waals surface area contributed by atoms with Crippen molar-refractivity contribution in [1.29, 1.82) is 0 Å². The van der Waals surface area contributed by atoms with Crippen molar-refractivity contribution in [2.75, 3.05) is 19.6 Å². The zero-order valence-electron chi connectivity index (χ0n) is 14.6. The molecule has 9 heteroatoms. The van der Waals surface area contributed by atoms with Crippen LogP contribution in [0.2, 0.25) is 0 Å². The molecule has 142 valence electrons. The standard InChI is InChI=1S/C17H22FN3O5/c1-11(17(25)26)21(7-6-19-12(2)22)16(24)10-20-15(23)9-13-4-3-5-14(18)8-13/h3-5,8,11H,6-7,9-10H2,1-2H3,(H,19,22)(H,20,23)(H,25,26). The molecule has 0 radical (unpaired) electrons. The zero-order valence-corrected chi connectivity index (χ0v) is 14.6. The lowest BCUT2D eigenvalue weighted by atomic mass is 10.1. The lowest BCUT2D eigenvalue weighted by Gasteiger charge is -2.26. The summed E-state index contributed by atoms with van der Waals surface area (Å²) < 4.78 is 13.1. The summed E-state index contributed by atoms with van der Waals surface area (Å²) in [6.07, 6.45) is -0.106. The molecule has 0 bridgehead atoms. The normalized spacial score (nSPS) is 11.3. The number of rotatable bonds is 9. The highest BCUT2D eigenvalue weighted by Gasteiger charge is 2.25. The fourth-order valence-electron chi connectivity index (χ4n) is 2.19. The quantitative estimate of drug-likeness (QED) is 0.565.